The van der Waals surface area contributed by atoms with Crippen molar-refractivity contribution >= 4 is 29.2 Å². The molecule has 1 saturated carbocycles. The summed E-state index contributed by atoms with van der Waals surface area (Å²) >= 11 is 12.8. The maximum absolute atomic E-state index is 15.4. The molecule has 2 aromatic heterocycles. The smallest absolute Gasteiger partial charge is 0.337 e. The number of ether oxygens (including phenoxy) is 3. The number of hydrogen-bond acceptors (Lipinski definition) is 7. The molecule has 3 heterocycles. The molecule has 39 heavy (non-hydrogen) atoms. The van der Waals surface area contributed by atoms with Crippen molar-refractivity contribution in [2.24, 2.45) is 0 Å². The number of methoxy groups -OCH3 is 1. The number of benzene rings is 2. The van der Waals surface area contributed by atoms with Gasteiger partial charge < -0.3 is 18.7 Å². The predicted molar refractivity (Wildman–Crippen MR) is 138 cm³/mol. The van der Waals surface area contributed by atoms with Gasteiger partial charge in [-0.1, -0.05) is 40.5 Å². The molecule has 1 aliphatic heterocycles. The molecule has 1 fully saturated rings. The zero-order valence-electron chi connectivity index (χ0n) is 20.5. The average Bonchev–Trinajstić information content (AvgIpc) is 3.69. The van der Waals surface area contributed by atoms with Crippen LogP contribution < -0.4 is 9.47 Å². The number of halogens is 4. The van der Waals surface area contributed by atoms with Crippen LogP contribution in [0.2, 0.25) is 10.0 Å². The molecule has 200 valence electrons. The third-order valence-electron chi connectivity index (χ3n) is 6.63. The van der Waals surface area contributed by atoms with Crippen molar-refractivity contribution in [1.82, 2.24) is 10.1 Å². The van der Waals surface area contributed by atoms with Crippen LogP contribution in [-0.2, 0) is 23.7 Å². The number of nitrogens with zero attached hydrogens (tertiary/aromatic N) is 2. The van der Waals surface area contributed by atoms with Crippen LogP contribution in [0, 0.1) is 0 Å². The molecular formula is C28H20Cl2F2N2O5. The lowest BCUT2D eigenvalue weighted by Crippen LogP contribution is -2.18. The Kier molecular flexibility index (Phi) is 6.43. The Morgan fingerprint density at radius 2 is 1.87 bits per heavy atom. The van der Waals surface area contributed by atoms with Gasteiger partial charge in [0, 0.05) is 29.5 Å². The molecule has 0 saturated heterocycles. The quantitative estimate of drug-likeness (QED) is 0.218. The van der Waals surface area contributed by atoms with E-state index in [0.29, 0.717) is 32.6 Å². The van der Waals surface area contributed by atoms with E-state index >= 15 is 8.78 Å². The van der Waals surface area contributed by atoms with Crippen LogP contribution in [0.4, 0.5) is 8.78 Å². The molecule has 1 aliphatic carbocycles. The van der Waals surface area contributed by atoms with E-state index in [1.165, 1.54) is 37.4 Å². The van der Waals surface area contributed by atoms with Crippen LogP contribution >= 0.6 is 23.2 Å². The van der Waals surface area contributed by atoms with Gasteiger partial charge in [0.25, 0.3) is 5.92 Å². The van der Waals surface area contributed by atoms with Gasteiger partial charge in [-0.25, -0.2) is 9.78 Å². The van der Waals surface area contributed by atoms with Crippen molar-refractivity contribution < 1.29 is 32.3 Å². The Hall–Kier alpha value is -3.69. The minimum Gasteiger partial charge on any atom is -0.473 e. The number of pyridine rings is 1. The number of carbonyl (C=O) groups excluding carboxylic acids is 1. The summed E-state index contributed by atoms with van der Waals surface area (Å²) in [5, 5.41) is 5.01. The van der Waals surface area contributed by atoms with Crippen molar-refractivity contribution in [2.75, 3.05) is 7.11 Å². The Bertz CT molecular complexity index is 1580. The molecule has 2 aromatic carbocycles. The topological polar surface area (TPSA) is 83.7 Å². The van der Waals surface area contributed by atoms with E-state index < -0.39 is 24.0 Å². The van der Waals surface area contributed by atoms with Crippen LogP contribution in [0.15, 0.2) is 53.1 Å². The van der Waals surface area contributed by atoms with Gasteiger partial charge in [0.15, 0.2) is 11.4 Å². The van der Waals surface area contributed by atoms with Crippen LogP contribution in [0.1, 0.15) is 51.7 Å². The summed E-state index contributed by atoms with van der Waals surface area (Å²) in [6, 6.07) is 12.1. The fraction of sp³-hybridized carbons (Fsp3) is 0.250. The fourth-order valence-corrected chi connectivity index (χ4v) is 5.11. The Labute approximate surface area is 231 Å². The Balaban J connectivity index is 1.31. The summed E-state index contributed by atoms with van der Waals surface area (Å²) in [5.74, 6) is -3.15. The van der Waals surface area contributed by atoms with Crippen molar-refractivity contribution in [2.45, 2.75) is 37.7 Å². The second-order valence-electron chi connectivity index (χ2n) is 9.33. The van der Waals surface area contributed by atoms with Crippen molar-refractivity contribution in [3.05, 3.63) is 86.7 Å². The minimum absolute atomic E-state index is 0.0302. The van der Waals surface area contributed by atoms with Crippen LogP contribution in [0.25, 0.3) is 11.3 Å². The lowest BCUT2D eigenvalue weighted by molar-refractivity contribution is -0.00857. The molecular weight excluding hydrogens is 553 g/mol. The summed E-state index contributed by atoms with van der Waals surface area (Å²) < 4.78 is 52.8. The first-order valence-electron chi connectivity index (χ1n) is 12.1. The number of esters is 1. The molecule has 11 heteroatoms. The molecule has 2 aliphatic rings. The first kappa shape index (κ1) is 25.6. The SMILES string of the molecule is COC(=O)c1ccc2c(c1)Oc1ccc(OCc3c(-c4c(Cl)cccc4Cl)noc3C3CC3)nc1C(F)(F)C2. The number of rotatable bonds is 6. The second-order valence-corrected chi connectivity index (χ2v) is 10.1. The van der Waals surface area contributed by atoms with E-state index in [9.17, 15) is 4.79 Å². The second kappa shape index (κ2) is 9.81. The summed E-state index contributed by atoms with van der Waals surface area (Å²) in [6.07, 6.45) is 1.22. The van der Waals surface area contributed by atoms with Gasteiger partial charge in [-0.2, -0.15) is 8.78 Å². The zero-order valence-corrected chi connectivity index (χ0v) is 22.0. The summed E-state index contributed by atoms with van der Waals surface area (Å²) in [5.41, 5.74) is 1.42. The largest absolute Gasteiger partial charge is 0.473 e. The number of hydrogen-bond donors (Lipinski definition) is 0. The normalized spacial score (nSPS) is 15.5. The van der Waals surface area contributed by atoms with Gasteiger partial charge in [0.05, 0.1) is 28.3 Å². The third-order valence-corrected chi connectivity index (χ3v) is 7.26. The van der Waals surface area contributed by atoms with E-state index in [4.69, 9.17) is 41.9 Å². The molecule has 0 amide bonds. The van der Waals surface area contributed by atoms with Crippen LogP contribution in [0.5, 0.6) is 17.4 Å². The van der Waals surface area contributed by atoms with Gasteiger partial charge in [0.1, 0.15) is 23.8 Å². The van der Waals surface area contributed by atoms with Crippen LogP contribution in [0.3, 0.4) is 0 Å². The van der Waals surface area contributed by atoms with E-state index in [1.807, 2.05) is 0 Å². The van der Waals surface area contributed by atoms with Gasteiger partial charge in [0.2, 0.25) is 5.88 Å². The van der Waals surface area contributed by atoms with Gasteiger partial charge >= 0.3 is 5.97 Å². The highest BCUT2D eigenvalue weighted by molar-refractivity contribution is 6.39. The van der Waals surface area contributed by atoms with E-state index in [1.54, 1.807) is 18.2 Å². The van der Waals surface area contributed by atoms with Crippen molar-refractivity contribution in [1.29, 1.82) is 0 Å². The van der Waals surface area contributed by atoms with E-state index in [-0.39, 0.29) is 41.0 Å². The lowest BCUT2D eigenvalue weighted by atomic mass is 10.0. The average molecular weight is 573 g/mol. The van der Waals surface area contributed by atoms with Crippen molar-refractivity contribution in [3.8, 4) is 28.6 Å². The van der Waals surface area contributed by atoms with Gasteiger partial charge in [-0.3, -0.25) is 0 Å². The van der Waals surface area contributed by atoms with E-state index in [0.717, 1.165) is 12.8 Å². The highest BCUT2D eigenvalue weighted by atomic mass is 35.5. The number of fused-ring (bicyclic) bond motifs is 2. The minimum atomic E-state index is -3.36. The number of alkyl halides is 2. The highest BCUT2D eigenvalue weighted by Gasteiger charge is 2.41. The first-order valence-corrected chi connectivity index (χ1v) is 12.8. The highest BCUT2D eigenvalue weighted by Crippen LogP contribution is 2.47. The number of carbonyl (C=O) groups is 1. The van der Waals surface area contributed by atoms with Gasteiger partial charge in [-0.15, -0.1) is 0 Å². The molecule has 7 nitrogen and oxygen atoms in total. The molecule has 0 atom stereocenters. The monoisotopic (exact) mass is 572 g/mol. The maximum Gasteiger partial charge on any atom is 0.337 e. The molecule has 0 radical (unpaired) electrons. The zero-order chi connectivity index (χ0) is 27.3. The molecule has 6 rings (SSSR count). The van der Waals surface area contributed by atoms with Crippen LogP contribution in [-0.4, -0.2) is 23.2 Å². The molecule has 0 N–H and O–H groups in total. The fourth-order valence-electron chi connectivity index (χ4n) is 4.53. The molecule has 0 unspecified atom stereocenters. The maximum atomic E-state index is 15.4. The predicted octanol–water partition coefficient (Wildman–Crippen LogP) is 7.73. The van der Waals surface area contributed by atoms with Gasteiger partial charge in [-0.05, 0) is 43.2 Å². The lowest BCUT2D eigenvalue weighted by Gasteiger charge is -2.16. The molecule has 0 spiro atoms. The van der Waals surface area contributed by atoms with E-state index in [2.05, 4.69) is 10.1 Å². The van der Waals surface area contributed by atoms with Crippen molar-refractivity contribution in [3.63, 3.8) is 0 Å². The summed E-state index contributed by atoms with van der Waals surface area (Å²) in [7, 11) is 1.24. The number of aromatic nitrogens is 2. The third kappa shape index (κ3) is 4.81. The first-order chi connectivity index (χ1) is 18.7. The Morgan fingerprint density at radius 1 is 1.10 bits per heavy atom. The summed E-state index contributed by atoms with van der Waals surface area (Å²) in [4.78, 5) is 16.0. The Morgan fingerprint density at radius 3 is 2.59 bits per heavy atom. The summed E-state index contributed by atoms with van der Waals surface area (Å²) in [6.45, 7) is -0.0485. The molecule has 4 aromatic rings. The molecule has 0 bridgehead atoms. The standard InChI is InChI=1S/C28H20Cl2F2N2O5/c1-36-27(35)15-7-8-16-12-28(31,32)26-20(38-21(16)11-15)9-10-22(33-26)37-13-17-24(34-39-25(17)14-5-6-14)23-18(29)3-2-4-19(23)30/h2-4,7-11,14H,5-6,12-13H2,1H3.